The Kier molecular flexibility index (Phi) is 4.07. The molecule has 2 unspecified atom stereocenters. The van der Waals surface area contributed by atoms with Crippen molar-refractivity contribution in [2.75, 3.05) is 6.26 Å². The highest BCUT2D eigenvalue weighted by Crippen LogP contribution is 2.63. The number of rotatable bonds is 4. The number of aryl methyl sites for hydroxylation is 1. The van der Waals surface area contributed by atoms with Crippen LogP contribution in [0.25, 0.3) is 0 Å². The molecule has 1 N–H and O–H groups in total. The Hall–Kier alpha value is -1.48. The summed E-state index contributed by atoms with van der Waals surface area (Å²) in [5.41, 5.74) is 3.37. The van der Waals surface area contributed by atoms with Gasteiger partial charge in [0.2, 0.25) is 0 Å². The van der Waals surface area contributed by atoms with Crippen LogP contribution in [-0.4, -0.2) is 11.2 Å². The second kappa shape index (κ2) is 6.11. The van der Waals surface area contributed by atoms with E-state index in [-0.39, 0.29) is 11.0 Å². The summed E-state index contributed by atoms with van der Waals surface area (Å²) in [6, 6.07) is 13.1. The van der Waals surface area contributed by atoms with Crippen molar-refractivity contribution >= 4 is 11.8 Å². The Labute approximate surface area is 148 Å². The Morgan fingerprint density at radius 3 is 2.42 bits per heavy atom. The zero-order valence-electron chi connectivity index (χ0n) is 14.5. The maximum absolute atomic E-state index is 12.2. The van der Waals surface area contributed by atoms with Crippen LogP contribution in [0.15, 0.2) is 46.1 Å². The lowest BCUT2D eigenvalue weighted by atomic mass is 9.84. The van der Waals surface area contributed by atoms with E-state index in [1.54, 1.807) is 11.8 Å². The Morgan fingerprint density at radius 2 is 1.79 bits per heavy atom. The van der Waals surface area contributed by atoms with E-state index >= 15 is 0 Å². The molecule has 2 atom stereocenters. The van der Waals surface area contributed by atoms with Crippen LogP contribution in [0.3, 0.4) is 0 Å². The number of benzene rings is 1. The Bertz CT molecular complexity index is 788. The minimum atomic E-state index is 0.0266. The Balaban J connectivity index is 1.77. The van der Waals surface area contributed by atoms with E-state index in [1.165, 1.54) is 42.6 Å². The van der Waals surface area contributed by atoms with E-state index in [0.29, 0.717) is 5.92 Å². The average molecular weight is 340 g/mol. The van der Waals surface area contributed by atoms with E-state index in [9.17, 15) is 4.79 Å². The fourth-order valence-corrected chi connectivity index (χ4v) is 5.12. The van der Waals surface area contributed by atoms with Gasteiger partial charge in [-0.15, -0.1) is 11.8 Å². The summed E-state index contributed by atoms with van der Waals surface area (Å²) in [7, 11) is 0. The molecule has 0 bridgehead atoms. The molecule has 2 saturated carbocycles. The van der Waals surface area contributed by atoms with E-state index in [0.717, 1.165) is 17.2 Å². The van der Waals surface area contributed by atoms with Crippen molar-refractivity contribution in [3.05, 3.63) is 63.6 Å². The van der Waals surface area contributed by atoms with Gasteiger partial charge in [-0.1, -0.05) is 43.9 Å². The number of H-pyrrole nitrogens is 1. The number of thioether (sulfide) groups is 1. The quantitative estimate of drug-likeness (QED) is 0.804. The first kappa shape index (κ1) is 16.0. The molecule has 1 heterocycles. The smallest absolute Gasteiger partial charge is 0.251 e. The highest BCUT2D eigenvalue weighted by Gasteiger charge is 2.60. The van der Waals surface area contributed by atoms with Crippen LogP contribution in [0.2, 0.25) is 0 Å². The predicted molar refractivity (Wildman–Crippen MR) is 101 cm³/mol. The van der Waals surface area contributed by atoms with Crippen LogP contribution in [-0.2, 0) is 5.41 Å². The van der Waals surface area contributed by atoms with Crippen LogP contribution >= 0.6 is 11.8 Å². The van der Waals surface area contributed by atoms with Crippen molar-refractivity contribution in [1.82, 2.24) is 4.98 Å². The number of nitrogens with one attached hydrogen (secondary N) is 1. The van der Waals surface area contributed by atoms with Gasteiger partial charge in [0.15, 0.2) is 0 Å². The SMILES string of the molecule is CSc1ccc(C2(c3ccc(C)c(=O)[nH]3)CC2C2CCCC2)cc1. The summed E-state index contributed by atoms with van der Waals surface area (Å²) < 4.78 is 0. The molecule has 2 nitrogen and oxygen atoms in total. The first-order valence-electron chi connectivity index (χ1n) is 9.00. The molecule has 4 rings (SSSR count). The maximum atomic E-state index is 12.2. The molecule has 126 valence electrons. The van der Waals surface area contributed by atoms with E-state index in [2.05, 4.69) is 41.6 Å². The second-order valence-corrected chi connectivity index (χ2v) is 8.32. The van der Waals surface area contributed by atoms with Crippen LogP contribution in [0.1, 0.15) is 48.9 Å². The standard InChI is InChI=1S/C21H25NOS/c1-14-7-12-19(22-20(14)23)21(13-18(21)15-5-3-4-6-15)16-8-10-17(24-2)11-9-16/h7-12,15,18H,3-6,13H2,1-2H3,(H,22,23). The van der Waals surface area contributed by atoms with Crippen molar-refractivity contribution in [2.24, 2.45) is 11.8 Å². The molecule has 2 aliphatic rings. The summed E-state index contributed by atoms with van der Waals surface area (Å²) in [6.07, 6.45) is 8.73. The lowest BCUT2D eigenvalue weighted by molar-refractivity contribution is 0.442. The topological polar surface area (TPSA) is 32.9 Å². The zero-order valence-corrected chi connectivity index (χ0v) is 15.3. The molecular formula is C21H25NOS. The number of aromatic nitrogens is 1. The van der Waals surface area contributed by atoms with Gasteiger partial charge in [-0.2, -0.15) is 0 Å². The van der Waals surface area contributed by atoms with Gasteiger partial charge < -0.3 is 4.98 Å². The van der Waals surface area contributed by atoms with Gasteiger partial charge >= 0.3 is 0 Å². The van der Waals surface area contributed by atoms with Crippen molar-refractivity contribution in [2.45, 2.75) is 49.3 Å². The van der Waals surface area contributed by atoms with Crippen molar-refractivity contribution < 1.29 is 0 Å². The van der Waals surface area contributed by atoms with Gasteiger partial charge in [0, 0.05) is 21.6 Å². The van der Waals surface area contributed by atoms with Gasteiger partial charge in [-0.3, -0.25) is 4.79 Å². The third-order valence-electron chi connectivity index (χ3n) is 6.18. The highest BCUT2D eigenvalue weighted by molar-refractivity contribution is 7.98. The summed E-state index contributed by atoms with van der Waals surface area (Å²) in [5.74, 6) is 1.49. The van der Waals surface area contributed by atoms with Crippen molar-refractivity contribution in [3.63, 3.8) is 0 Å². The lowest BCUT2D eigenvalue weighted by Gasteiger charge is -2.22. The Morgan fingerprint density at radius 1 is 1.08 bits per heavy atom. The summed E-state index contributed by atoms with van der Waals surface area (Å²) >= 11 is 1.78. The molecule has 1 aromatic heterocycles. The molecule has 2 aromatic rings. The summed E-state index contributed by atoms with van der Waals surface area (Å²) in [5, 5.41) is 0. The summed E-state index contributed by atoms with van der Waals surface area (Å²) in [4.78, 5) is 16.7. The molecule has 0 amide bonds. The van der Waals surface area contributed by atoms with E-state index in [1.807, 2.05) is 13.0 Å². The average Bonchev–Trinajstić information content (AvgIpc) is 3.13. The monoisotopic (exact) mass is 339 g/mol. The van der Waals surface area contributed by atoms with Gasteiger partial charge in [-0.25, -0.2) is 0 Å². The first-order valence-corrected chi connectivity index (χ1v) is 10.2. The number of pyridine rings is 1. The van der Waals surface area contributed by atoms with Crippen LogP contribution in [0.5, 0.6) is 0 Å². The lowest BCUT2D eigenvalue weighted by Crippen LogP contribution is -2.22. The van der Waals surface area contributed by atoms with Gasteiger partial charge in [0.25, 0.3) is 5.56 Å². The van der Waals surface area contributed by atoms with Crippen molar-refractivity contribution in [3.8, 4) is 0 Å². The second-order valence-electron chi connectivity index (χ2n) is 7.44. The fraction of sp³-hybridized carbons (Fsp3) is 0.476. The first-order chi connectivity index (χ1) is 11.6. The number of hydrogen-bond acceptors (Lipinski definition) is 2. The molecule has 24 heavy (non-hydrogen) atoms. The third-order valence-corrected chi connectivity index (χ3v) is 6.92. The van der Waals surface area contributed by atoms with Crippen LogP contribution in [0.4, 0.5) is 0 Å². The normalized spacial score (nSPS) is 26.7. The molecular weight excluding hydrogens is 314 g/mol. The van der Waals surface area contributed by atoms with Crippen molar-refractivity contribution in [1.29, 1.82) is 0 Å². The minimum absolute atomic E-state index is 0.0266. The molecule has 3 heteroatoms. The molecule has 2 fully saturated rings. The van der Waals surface area contributed by atoms with E-state index in [4.69, 9.17) is 0 Å². The minimum Gasteiger partial charge on any atom is -0.325 e. The maximum Gasteiger partial charge on any atom is 0.251 e. The zero-order chi connectivity index (χ0) is 16.7. The molecule has 2 aliphatic carbocycles. The van der Waals surface area contributed by atoms with Gasteiger partial charge in [0.05, 0.1) is 0 Å². The van der Waals surface area contributed by atoms with Gasteiger partial charge in [-0.05, 0) is 55.2 Å². The summed E-state index contributed by atoms with van der Waals surface area (Å²) in [6.45, 7) is 1.88. The predicted octanol–water partition coefficient (Wildman–Crippen LogP) is 4.90. The molecule has 0 aliphatic heterocycles. The number of hydrogen-bond donors (Lipinski definition) is 1. The molecule has 0 saturated heterocycles. The molecule has 0 spiro atoms. The highest BCUT2D eigenvalue weighted by atomic mass is 32.2. The van der Waals surface area contributed by atoms with Crippen LogP contribution in [0, 0.1) is 18.8 Å². The van der Waals surface area contributed by atoms with Gasteiger partial charge in [0.1, 0.15) is 0 Å². The largest absolute Gasteiger partial charge is 0.325 e. The molecule has 0 radical (unpaired) electrons. The fourth-order valence-electron chi connectivity index (χ4n) is 4.71. The molecule has 1 aromatic carbocycles. The third kappa shape index (κ3) is 2.54. The number of aromatic amines is 1. The van der Waals surface area contributed by atoms with E-state index < -0.39 is 0 Å². The van der Waals surface area contributed by atoms with Crippen LogP contribution < -0.4 is 5.56 Å².